The molecule has 1 amide bonds. The van der Waals surface area contributed by atoms with Crippen molar-refractivity contribution in [3.63, 3.8) is 0 Å². The number of aliphatic hydroxyl groups excluding tert-OH is 1. The summed E-state index contributed by atoms with van der Waals surface area (Å²) in [7, 11) is 2.51. The number of amides is 1. The summed E-state index contributed by atoms with van der Waals surface area (Å²) in [6.45, 7) is 1.70. The van der Waals surface area contributed by atoms with Gasteiger partial charge in [0.2, 0.25) is 0 Å². The first kappa shape index (κ1) is 28.5. The standard InChI is InChI=1S/C27H32N2O9/c1-17(31)36-10-7-11-37-24-14-22(29-27(33)35-3)20(21-13-23(26(32)34-2)28-25(21)24)12-19(15-30)38-16-18-8-5-4-6-9-18/h4-6,8-9,13-14,19,28,30H,7,10-12,15-16H2,1-3H3,(H,29,33)/t19-/m0/s1. The van der Waals surface area contributed by atoms with Crippen molar-refractivity contribution >= 4 is 34.6 Å². The lowest BCUT2D eigenvalue weighted by Gasteiger charge is -2.20. The predicted octanol–water partition coefficient (Wildman–Crippen LogP) is 3.59. The Morgan fingerprint density at radius 1 is 1.05 bits per heavy atom. The van der Waals surface area contributed by atoms with E-state index in [4.69, 9.17) is 23.7 Å². The van der Waals surface area contributed by atoms with Crippen LogP contribution in [0.5, 0.6) is 5.75 Å². The third-order valence-electron chi connectivity index (χ3n) is 5.63. The van der Waals surface area contributed by atoms with E-state index < -0.39 is 18.2 Å². The second-order valence-electron chi connectivity index (χ2n) is 8.33. The second kappa shape index (κ2) is 14.0. The van der Waals surface area contributed by atoms with Gasteiger partial charge >= 0.3 is 18.0 Å². The summed E-state index contributed by atoms with van der Waals surface area (Å²) in [5.41, 5.74) is 2.56. The molecule has 0 spiro atoms. The lowest BCUT2D eigenvalue weighted by Crippen LogP contribution is -2.22. The Morgan fingerprint density at radius 2 is 1.82 bits per heavy atom. The number of carbonyl (C=O) groups is 3. The van der Waals surface area contributed by atoms with Gasteiger partial charge in [-0.1, -0.05) is 30.3 Å². The monoisotopic (exact) mass is 528 g/mol. The van der Waals surface area contributed by atoms with Crippen LogP contribution in [-0.2, 0) is 36.8 Å². The number of methoxy groups -OCH3 is 2. The topological polar surface area (TPSA) is 145 Å². The van der Waals surface area contributed by atoms with Crippen LogP contribution in [-0.4, -0.2) is 68.3 Å². The molecule has 38 heavy (non-hydrogen) atoms. The van der Waals surface area contributed by atoms with E-state index in [1.165, 1.54) is 21.1 Å². The molecule has 1 atom stereocenters. The highest BCUT2D eigenvalue weighted by atomic mass is 16.5. The number of hydrogen-bond donors (Lipinski definition) is 3. The largest absolute Gasteiger partial charge is 0.491 e. The van der Waals surface area contributed by atoms with E-state index in [9.17, 15) is 19.5 Å². The molecule has 0 saturated heterocycles. The van der Waals surface area contributed by atoms with E-state index in [1.807, 2.05) is 30.3 Å². The Kier molecular flexibility index (Phi) is 10.5. The van der Waals surface area contributed by atoms with Crippen LogP contribution in [0.4, 0.5) is 10.5 Å². The first-order valence-electron chi connectivity index (χ1n) is 12.0. The highest BCUT2D eigenvalue weighted by Crippen LogP contribution is 2.36. The van der Waals surface area contributed by atoms with E-state index in [1.54, 1.807) is 12.1 Å². The fraction of sp³-hybridized carbons (Fsp3) is 0.370. The maximum Gasteiger partial charge on any atom is 0.411 e. The summed E-state index contributed by atoms with van der Waals surface area (Å²) in [4.78, 5) is 38.5. The normalized spacial score (nSPS) is 11.6. The number of fused-ring (bicyclic) bond motifs is 1. The van der Waals surface area contributed by atoms with Crippen LogP contribution in [0.15, 0.2) is 42.5 Å². The van der Waals surface area contributed by atoms with Crippen LogP contribution in [0.1, 0.15) is 35.0 Å². The number of carbonyl (C=O) groups excluding carboxylic acids is 3. The maximum atomic E-state index is 12.3. The van der Waals surface area contributed by atoms with E-state index in [0.29, 0.717) is 34.3 Å². The van der Waals surface area contributed by atoms with E-state index >= 15 is 0 Å². The third kappa shape index (κ3) is 7.70. The van der Waals surface area contributed by atoms with Crippen molar-refractivity contribution in [1.82, 2.24) is 4.98 Å². The van der Waals surface area contributed by atoms with Crippen LogP contribution >= 0.6 is 0 Å². The number of aromatic amines is 1. The van der Waals surface area contributed by atoms with Gasteiger partial charge in [0, 0.05) is 31.2 Å². The minimum Gasteiger partial charge on any atom is -0.491 e. The van der Waals surface area contributed by atoms with Gasteiger partial charge in [0.25, 0.3) is 0 Å². The maximum absolute atomic E-state index is 12.3. The van der Waals surface area contributed by atoms with E-state index in [0.717, 1.165) is 5.56 Å². The summed E-state index contributed by atoms with van der Waals surface area (Å²) in [6, 6.07) is 12.7. The molecule has 0 bridgehead atoms. The Balaban J connectivity index is 1.97. The molecule has 3 N–H and O–H groups in total. The van der Waals surface area contributed by atoms with Gasteiger partial charge in [-0.15, -0.1) is 0 Å². The van der Waals surface area contributed by atoms with Crippen molar-refractivity contribution in [2.24, 2.45) is 0 Å². The molecular formula is C27H32N2O9. The van der Waals surface area contributed by atoms with Gasteiger partial charge in [0.15, 0.2) is 0 Å². The molecule has 2 aromatic carbocycles. The van der Waals surface area contributed by atoms with Crippen molar-refractivity contribution in [2.45, 2.75) is 32.5 Å². The van der Waals surface area contributed by atoms with Gasteiger partial charge in [-0.05, 0) is 17.2 Å². The molecule has 3 aromatic rings. The number of benzene rings is 2. The highest BCUT2D eigenvalue weighted by Gasteiger charge is 2.23. The SMILES string of the molecule is COC(=O)Nc1cc(OCCCOC(C)=O)c2[nH]c(C(=O)OC)cc2c1C[C@@H](CO)OCc1ccccc1. The Morgan fingerprint density at radius 3 is 2.47 bits per heavy atom. The first-order valence-corrected chi connectivity index (χ1v) is 12.0. The van der Waals surface area contributed by atoms with Gasteiger partial charge in [0.1, 0.15) is 11.4 Å². The molecule has 0 radical (unpaired) electrons. The number of anilines is 1. The number of aliphatic hydroxyl groups is 1. The van der Waals surface area contributed by atoms with Crippen LogP contribution in [0, 0.1) is 0 Å². The number of aromatic nitrogens is 1. The zero-order chi connectivity index (χ0) is 27.5. The highest BCUT2D eigenvalue weighted by molar-refractivity contribution is 6.02. The Hall–Kier alpha value is -4.09. The summed E-state index contributed by atoms with van der Waals surface area (Å²) >= 11 is 0. The minimum absolute atomic E-state index is 0.175. The van der Waals surface area contributed by atoms with Crippen molar-refractivity contribution in [3.8, 4) is 5.75 Å². The van der Waals surface area contributed by atoms with E-state index in [2.05, 4.69) is 10.3 Å². The zero-order valence-corrected chi connectivity index (χ0v) is 21.6. The average molecular weight is 529 g/mol. The van der Waals surface area contributed by atoms with Crippen molar-refractivity contribution in [3.05, 3.63) is 59.3 Å². The lowest BCUT2D eigenvalue weighted by molar-refractivity contribution is -0.141. The van der Waals surface area contributed by atoms with Gasteiger partial charge in [-0.25, -0.2) is 9.59 Å². The van der Waals surface area contributed by atoms with Gasteiger partial charge in [-0.3, -0.25) is 10.1 Å². The number of hydrogen-bond acceptors (Lipinski definition) is 9. The van der Waals surface area contributed by atoms with Crippen molar-refractivity contribution in [1.29, 1.82) is 0 Å². The molecule has 1 heterocycles. The summed E-state index contributed by atoms with van der Waals surface area (Å²) in [5, 5.41) is 13.3. The number of ether oxygens (including phenoxy) is 5. The number of esters is 2. The fourth-order valence-corrected chi connectivity index (χ4v) is 3.80. The Bertz CT molecular complexity index is 1240. The number of H-pyrrole nitrogens is 1. The molecular weight excluding hydrogens is 496 g/mol. The number of rotatable bonds is 13. The van der Waals surface area contributed by atoms with Crippen LogP contribution in [0.3, 0.4) is 0 Å². The first-order chi connectivity index (χ1) is 18.4. The molecule has 11 heteroatoms. The van der Waals surface area contributed by atoms with Crippen LogP contribution in [0.25, 0.3) is 10.9 Å². The predicted molar refractivity (Wildman–Crippen MR) is 138 cm³/mol. The molecule has 0 aliphatic heterocycles. The fourth-order valence-electron chi connectivity index (χ4n) is 3.80. The lowest BCUT2D eigenvalue weighted by atomic mass is 10.0. The molecule has 204 valence electrons. The Labute approximate surface area is 220 Å². The third-order valence-corrected chi connectivity index (χ3v) is 5.63. The molecule has 0 saturated carbocycles. The van der Waals surface area contributed by atoms with Gasteiger partial charge in [0.05, 0.1) is 58.0 Å². The molecule has 0 aliphatic carbocycles. The number of nitrogens with one attached hydrogen (secondary N) is 2. The van der Waals surface area contributed by atoms with E-state index in [-0.39, 0.29) is 44.5 Å². The molecule has 0 fully saturated rings. The zero-order valence-electron chi connectivity index (χ0n) is 21.6. The summed E-state index contributed by atoms with van der Waals surface area (Å²) < 4.78 is 26.5. The summed E-state index contributed by atoms with van der Waals surface area (Å²) in [6.07, 6.45) is -0.707. The van der Waals surface area contributed by atoms with Crippen molar-refractivity contribution in [2.75, 3.05) is 39.4 Å². The quantitative estimate of drug-likeness (QED) is 0.172. The molecule has 11 nitrogen and oxygen atoms in total. The van der Waals surface area contributed by atoms with Crippen molar-refractivity contribution < 1.29 is 43.2 Å². The minimum atomic E-state index is -0.708. The van der Waals surface area contributed by atoms with Crippen LogP contribution in [0.2, 0.25) is 0 Å². The summed E-state index contributed by atoms with van der Waals surface area (Å²) in [5.74, 6) is -0.630. The van der Waals surface area contributed by atoms with Gasteiger partial charge in [-0.2, -0.15) is 0 Å². The molecule has 1 aromatic heterocycles. The molecule has 3 rings (SSSR count). The second-order valence-corrected chi connectivity index (χ2v) is 8.33. The average Bonchev–Trinajstić information content (AvgIpc) is 3.37. The molecule has 0 unspecified atom stereocenters. The van der Waals surface area contributed by atoms with Crippen LogP contribution < -0.4 is 10.1 Å². The van der Waals surface area contributed by atoms with Gasteiger partial charge < -0.3 is 33.8 Å². The molecule has 0 aliphatic rings. The smallest absolute Gasteiger partial charge is 0.411 e.